The number of hydrogen-bond acceptors (Lipinski definition) is 6. The predicted molar refractivity (Wildman–Crippen MR) is 114 cm³/mol. The molecule has 1 fully saturated rings. The molecule has 0 aromatic heterocycles. The van der Waals surface area contributed by atoms with Crippen molar-refractivity contribution in [2.24, 2.45) is 5.92 Å². The highest BCUT2D eigenvalue weighted by atomic mass is 16.6. The van der Waals surface area contributed by atoms with Gasteiger partial charge in [-0.2, -0.15) is 0 Å². The molecule has 0 bridgehead atoms. The van der Waals surface area contributed by atoms with Crippen LogP contribution in [0.15, 0.2) is 18.2 Å². The summed E-state index contributed by atoms with van der Waals surface area (Å²) in [6.07, 6.45) is 2.35. The maximum atomic E-state index is 12.4. The number of nitrogens with one attached hydrogen (secondary N) is 2. The standard InChI is InChI=1S/C22H33N3O5/c1-22(2,3)30-21(27)23-14-16-7-9-25(10-8-16)15-20(26)24-17-5-6-18-19(13-17)29-12-4-11-28-18/h5-6,13,16H,4,7-12,14-15H2,1-3H3,(H,23,27)(H,24,26). The third-order valence-electron chi connectivity index (χ3n) is 5.04. The lowest BCUT2D eigenvalue weighted by Crippen LogP contribution is -2.42. The molecule has 8 heteroatoms. The predicted octanol–water partition coefficient (Wildman–Crippen LogP) is 3.02. The van der Waals surface area contributed by atoms with Crippen molar-refractivity contribution in [2.45, 2.75) is 45.6 Å². The normalized spacial score (nSPS) is 17.7. The fraction of sp³-hybridized carbons (Fsp3) is 0.636. The Hall–Kier alpha value is -2.48. The number of anilines is 1. The average Bonchev–Trinajstić information content (AvgIpc) is 2.91. The minimum Gasteiger partial charge on any atom is -0.490 e. The van der Waals surface area contributed by atoms with E-state index < -0.39 is 5.60 Å². The van der Waals surface area contributed by atoms with Gasteiger partial charge in [0, 0.05) is 24.7 Å². The van der Waals surface area contributed by atoms with Gasteiger partial charge in [-0.05, 0) is 64.8 Å². The molecule has 8 nitrogen and oxygen atoms in total. The molecule has 2 aliphatic heterocycles. The Morgan fingerprint density at radius 1 is 1.13 bits per heavy atom. The van der Waals surface area contributed by atoms with Gasteiger partial charge in [0.05, 0.1) is 19.8 Å². The van der Waals surface area contributed by atoms with E-state index in [1.807, 2.05) is 39.0 Å². The molecule has 0 atom stereocenters. The molecule has 2 amide bonds. The maximum absolute atomic E-state index is 12.4. The van der Waals surface area contributed by atoms with Gasteiger partial charge in [0.1, 0.15) is 5.60 Å². The zero-order valence-electron chi connectivity index (χ0n) is 18.2. The van der Waals surface area contributed by atoms with Crippen molar-refractivity contribution < 1.29 is 23.8 Å². The minimum atomic E-state index is -0.489. The summed E-state index contributed by atoms with van der Waals surface area (Å²) in [5.41, 5.74) is 0.220. The van der Waals surface area contributed by atoms with Crippen LogP contribution in [0.2, 0.25) is 0 Å². The van der Waals surface area contributed by atoms with Crippen LogP contribution in [0.4, 0.5) is 10.5 Å². The van der Waals surface area contributed by atoms with Gasteiger partial charge in [-0.1, -0.05) is 0 Å². The second kappa shape index (κ2) is 10.0. The first-order valence-corrected chi connectivity index (χ1v) is 10.7. The molecule has 0 aliphatic carbocycles. The first kappa shape index (κ1) is 22.2. The highest BCUT2D eigenvalue weighted by Gasteiger charge is 2.23. The first-order chi connectivity index (χ1) is 14.3. The van der Waals surface area contributed by atoms with Crippen molar-refractivity contribution in [1.82, 2.24) is 10.2 Å². The second-order valence-corrected chi connectivity index (χ2v) is 8.86. The van der Waals surface area contributed by atoms with E-state index in [2.05, 4.69) is 15.5 Å². The minimum absolute atomic E-state index is 0.0465. The summed E-state index contributed by atoms with van der Waals surface area (Å²) in [5.74, 6) is 1.74. The Kier molecular flexibility index (Phi) is 7.42. The molecule has 166 valence electrons. The molecule has 1 saturated heterocycles. The van der Waals surface area contributed by atoms with Crippen LogP contribution in [0.3, 0.4) is 0 Å². The van der Waals surface area contributed by atoms with Crippen LogP contribution in [0, 0.1) is 5.92 Å². The second-order valence-electron chi connectivity index (χ2n) is 8.86. The lowest BCUT2D eigenvalue weighted by molar-refractivity contribution is -0.117. The summed E-state index contributed by atoms with van der Waals surface area (Å²) in [6, 6.07) is 5.48. The monoisotopic (exact) mass is 419 g/mol. The largest absolute Gasteiger partial charge is 0.490 e. The number of benzene rings is 1. The number of carbonyl (C=O) groups excluding carboxylic acids is 2. The Morgan fingerprint density at radius 3 is 2.53 bits per heavy atom. The van der Waals surface area contributed by atoms with Gasteiger partial charge in [-0.3, -0.25) is 9.69 Å². The van der Waals surface area contributed by atoms with Crippen LogP contribution in [0.25, 0.3) is 0 Å². The molecule has 3 rings (SSSR count). The van der Waals surface area contributed by atoms with Crippen molar-refractivity contribution in [3.05, 3.63) is 18.2 Å². The van der Waals surface area contributed by atoms with E-state index in [1.165, 1.54) is 0 Å². The topological polar surface area (TPSA) is 89.1 Å². The number of amides is 2. The van der Waals surface area contributed by atoms with Crippen LogP contribution < -0.4 is 20.1 Å². The smallest absolute Gasteiger partial charge is 0.407 e. The third-order valence-corrected chi connectivity index (χ3v) is 5.04. The summed E-state index contributed by atoms with van der Waals surface area (Å²) in [7, 11) is 0. The SMILES string of the molecule is CC(C)(C)OC(=O)NCC1CCN(CC(=O)Nc2ccc3c(c2)OCCCO3)CC1. The van der Waals surface area contributed by atoms with Crippen molar-refractivity contribution >= 4 is 17.7 Å². The van der Waals surface area contributed by atoms with E-state index in [0.29, 0.717) is 49.4 Å². The Balaban J connectivity index is 1.38. The zero-order valence-corrected chi connectivity index (χ0v) is 18.2. The molecule has 0 spiro atoms. The highest BCUT2D eigenvalue weighted by Crippen LogP contribution is 2.32. The summed E-state index contributed by atoms with van der Waals surface area (Å²) in [4.78, 5) is 26.4. The average molecular weight is 420 g/mol. The maximum Gasteiger partial charge on any atom is 0.407 e. The number of alkyl carbamates (subject to hydrolysis) is 1. The molecule has 30 heavy (non-hydrogen) atoms. The van der Waals surface area contributed by atoms with Gasteiger partial charge in [-0.15, -0.1) is 0 Å². The summed E-state index contributed by atoms with van der Waals surface area (Å²) >= 11 is 0. The molecule has 1 aromatic carbocycles. The molecule has 0 unspecified atom stereocenters. The summed E-state index contributed by atoms with van der Waals surface area (Å²) in [6.45, 7) is 9.41. The molecule has 0 radical (unpaired) electrons. The number of rotatable bonds is 5. The van der Waals surface area contributed by atoms with E-state index in [1.54, 1.807) is 0 Å². The van der Waals surface area contributed by atoms with E-state index in [9.17, 15) is 9.59 Å². The number of fused-ring (bicyclic) bond motifs is 1. The third kappa shape index (κ3) is 7.09. The number of likely N-dealkylation sites (tertiary alicyclic amines) is 1. The number of piperidine rings is 1. The van der Waals surface area contributed by atoms with E-state index in [0.717, 1.165) is 32.4 Å². The number of nitrogens with zero attached hydrogens (tertiary/aromatic N) is 1. The van der Waals surface area contributed by atoms with Gasteiger partial charge in [0.15, 0.2) is 11.5 Å². The van der Waals surface area contributed by atoms with Crippen molar-refractivity contribution in [1.29, 1.82) is 0 Å². The zero-order chi connectivity index (χ0) is 21.6. The fourth-order valence-electron chi connectivity index (χ4n) is 3.54. The number of carbonyl (C=O) groups is 2. The van der Waals surface area contributed by atoms with Crippen LogP contribution in [-0.2, 0) is 9.53 Å². The highest BCUT2D eigenvalue weighted by molar-refractivity contribution is 5.92. The van der Waals surface area contributed by atoms with E-state index in [-0.39, 0.29) is 12.0 Å². The molecule has 1 aromatic rings. The number of hydrogen-bond donors (Lipinski definition) is 2. The van der Waals surface area contributed by atoms with E-state index >= 15 is 0 Å². The quantitative estimate of drug-likeness (QED) is 0.763. The van der Waals surface area contributed by atoms with Crippen molar-refractivity contribution in [2.75, 3.05) is 44.7 Å². The molecule has 2 N–H and O–H groups in total. The Bertz CT molecular complexity index is 739. The van der Waals surface area contributed by atoms with E-state index in [4.69, 9.17) is 14.2 Å². The Labute approximate surface area is 178 Å². The lowest BCUT2D eigenvalue weighted by Gasteiger charge is -2.31. The molecule has 0 saturated carbocycles. The van der Waals surface area contributed by atoms with Gasteiger partial charge in [0.25, 0.3) is 0 Å². The van der Waals surface area contributed by atoms with Crippen LogP contribution in [-0.4, -0.2) is 61.9 Å². The Morgan fingerprint density at radius 2 is 1.83 bits per heavy atom. The summed E-state index contributed by atoms with van der Waals surface area (Å²) < 4.78 is 16.6. The molecule has 2 heterocycles. The molecular weight excluding hydrogens is 386 g/mol. The van der Waals surface area contributed by atoms with Crippen LogP contribution >= 0.6 is 0 Å². The first-order valence-electron chi connectivity index (χ1n) is 10.7. The fourth-order valence-corrected chi connectivity index (χ4v) is 3.54. The van der Waals surface area contributed by atoms with Gasteiger partial charge < -0.3 is 24.8 Å². The van der Waals surface area contributed by atoms with Gasteiger partial charge >= 0.3 is 6.09 Å². The molecular formula is C22H33N3O5. The lowest BCUT2D eigenvalue weighted by atomic mass is 9.97. The van der Waals surface area contributed by atoms with Gasteiger partial charge in [0.2, 0.25) is 5.91 Å². The molecule has 2 aliphatic rings. The van der Waals surface area contributed by atoms with Crippen molar-refractivity contribution in [3.8, 4) is 11.5 Å². The summed E-state index contributed by atoms with van der Waals surface area (Å²) in [5, 5.41) is 5.79. The number of ether oxygens (including phenoxy) is 3. The van der Waals surface area contributed by atoms with Crippen LogP contribution in [0.1, 0.15) is 40.0 Å². The van der Waals surface area contributed by atoms with Crippen molar-refractivity contribution in [3.63, 3.8) is 0 Å². The van der Waals surface area contributed by atoms with Crippen LogP contribution in [0.5, 0.6) is 11.5 Å². The van der Waals surface area contributed by atoms with Gasteiger partial charge in [-0.25, -0.2) is 4.79 Å².